The molecule has 0 saturated carbocycles. The van der Waals surface area contributed by atoms with Gasteiger partial charge in [-0.1, -0.05) is 0 Å². The number of piperazine rings is 1. The van der Waals surface area contributed by atoms with E-state index in [9.17, 15) is 4.79 Å². The van der Waals surface area contributed by atoms with E-state index in [-0.39, 0.29) is 24.4 Å². The fraction of sp³-hybridized carbons (Fsp3) is 0.412. The second-order valence-corrected chi connectivity index (χ2v) is 5.94. The molecule has 1 aliphatic rings. The lowest BCUT2D eigenvalue weighted by Gasteiger charge is -2.34. The summed E-state index contributed by atoms with van der Waals surface area (Å²) in [6, 6.07) is 9.98. The zero-order valence-electron chi connectivity index (χ0n) is 13.7. The maximum atomic E-state index is 12.6. The first-order valence-corrected chi connectivity index (χ1v) is 7.71. The van der Waals surface area contributed by atoms with Crippen molar-refractivity contribution in [2.75, 3.05) is 19.6 Å². The monoisotopic (exact) mass is 334 g/mol. The molecule has 23 heavy (non-hydrogen) atoms. The molecule has 1 aromatic carbocycles. The molecular weight excluding hydrogens is 312 g/mol. The highest BCUT2D eigenvalue weighted by Crippen LogP contribution is 2.15. The van der Waals surface area contributed by atoms with Crippen LogP contribution in [0, 0.1) is 13.8 Å². The summed E-state index contributed by atoms with van der Waals surface area (Å²) < 4.78 is 1.90. The lowest BCUT2D eigenvalue weighted by atomic mass is 10.1. The van der Waals surface area contributed by atoms with Crippen molar-refractivity contribution in [1.29, 1.82) is 0 Å². The zero-order valence-corrected chi connectivity index (χ0v) is 14.6. The zero-order chi connectivity index (χ0) is 15.7. The van der Waals surface area contributed by atoms with Gasteiger partial charge in [-0.25, -0.2) is 4.68 Å². The van der Waals surface area contributed by atoms with E-state index in [4.69, 9.17) is 0 Å². The fourth-order valence-corrected chi connectivity index (χ4v) is 2.94. The maximum absolute atomic E-state index is 12.6. The molecule has 0 radical (unpaired) electrons. The van der Waals surface area contributed by atoms with Crippen LogP contribution in [0.15, 0.2) is 30.3 Å². The van der Waals surface area contributed by atoms with Crippen LogP contribution in [0.5, 0.6) is 0 Å². The molecule has 5 nitrogen and oxygen atoms in total. The highest BCUT2D eigenvalue weighted by Gasteiger charge is 2.23. The van der Waals surface area contributed by atoms with Gasteiger partial charge in [0, 0.05) is 36.9 Å². The van der Waals surface area contributed by atoms with E-state index in [0.29, 0.717) is 0 Å². The van der Waals surface area contributed by atoms with E-state index in [2.05, 4.69) is 17.3 Å². The standard InChI is InChI=1S/C17H22N4O.ClH/c1-12-10-13(2)21(19-12)16-6-4-15(5-7-16)17(22)20-9-8-18-11-14(20)3;/h4-7,10,14,18H,8-9,11H2,1-3H3;1H/t14-;/m0./s1. The van der Waals surface area contributed by atoms with Gasteiger partial charge in [0.25, 0.3) is 5.91 Å². The second-order valence-electron chi connectivity index (χ2n) is 5.94. The van der Waals surface area contributed by atoms with E-state index in [1.54, 1.807) is 0 Å². The molecule has 1 atom stereocenters. The van der Waals surface area contributed by atoms with Gasteiger partial charge in [0.05, 0.1) is 11.4 Å². The van der Waals surface area contributed by atoms with E-state index >= 15 is 0 Å². The summed E-state index contributed by atoms with van der Waals surface area (Å²) in [7, 11) is 0. The molecule has 0 spiro atoms. The van der Waals surface area contributed by atoms with Gasteiger partial charge in [-0.2, -0.15) is 5.10 Å². The number of nitrogens with zero attached hydrogens (tertiary/aromatic N) is 3. The summed E-state index contributed by atoms with van der Waals surface area (Å²) in [5.74, 6) is 0.105. The number of rotatable bonds is 2. The second kappa shape index (κ2) is 7.15. The van der Waals surface area contributed by atoms with Crippen LogP contribution in [-0.4, -0.2) is 46.3 Å². The average molecular weight is 335 g/mol. The van der Waals surface area contributed by atoms with Crippen LogP contribution in [0.2, 0.25) is 0 Å². The number of aromatic nitrogens is 2. The average Bonchev–Trinajstić information content (AvgIpc) is 2.86. The van der Waals surface area contributed by atoms with Gasteiger partial charge >= 0.3 is 0 Å². The number of amides is 1. The first-order chi connectivity index (χ1) is 10.6. The number of carbonyl (C=O) groups is 1. The molecule has 1 fully saturated rings. The molecule has 1 aliphatic heterocycles. The molecule has 0 unspecified atom stereocenters. The van der Waals surface area contributed by atoms with E-state index in [0.717, 1.165) is 42.3 Å². The van der Waals surface area contributed by atoms with Gasteiger partial charge in [-0.3, -0.25) is 4.79 Å². The molecule has 0 aliphatic carbocycles. The summed E-state index contributed by atoms with van der Waals surface area (Å²) in [5.41, 5.74) is 3.80. The third-order valence-corrected chi connectivity index (χ3v) is 4.13. The smallest absolute Gasteiger partial charge is 0.254 e. The van der Waals surface area contributed by atoms with Crippen LogP contribution < -0.4 is 5.32 Å². The minimum atomic E-state index is 0. The van der Waals surface area contributed by atoms with Crippen molar-refractivity contribution in [1.82, 2.24) is 20.0 Å². The van der Waals surface area contributed by atoms with Crippen LogP contribution in [0.3, 0.4) is 0 Å². The van der Waals surface area contributed by atoms with Gasteiger partial charge in [0.2, 0.25) is 0 Å². The number of hydrogen-bond donors (Lipinski definition) is 1. The van der Waals surface area contributed by atoms with Crippen LogP contribution in [-0.2, 0) is 0 Å². The number of aryl methyl sites for hydroxylation is 2. The summed E-state index contributed by atoms with van der Waals surface area (Å²) in [6.45, 7) is 8.57. The molecule has 1 aromatic heterocycles. The summed E-state index contributed by atoms with van der Waals surface area (Å²) >= 11 is 0. The van der Waals surface area contributed by atoms with Gasteiger partial charge in [0.15, 0.2) is 0 Å². The normalized spacial score (nSPS) is 17.7. The predicted molar refractivity (Wildman–Crippen MR) is 93.7 cm³/mol. The fourth-order valence-electron chi connectivity index (χ4n) is 2.94. The highest BCUT2D eigenvalue weighted by atomic mass is 35.5. The number of hydrogen-bond acceptors (Lipinski definition) is 3. The molecule has 1 N–H and O–H groups in total. The molecular formula is C17H23ClN4O. The third-order valence-electron chi connectivity index (χ3n) is 4.13. The van der Waals surface area contributed by atoms with Gasteiger partial charge in [0.1, 0.15) is 0 Å². The quantitative estimate of drug-likeness (QED) is 0.917. The van der Waals surface area contributed by atoms with Crippen LogP contribution in [0.1, 0.15) is 28.7 Å². The van der Waals surface area contributed by atoms with E-state index in [1.165, 1.54) is 0 Å². The topological polar surface area (TPSA) is 50.2 Å². The van der Waals surface area contributed by atoms with Crippen molar-refractivity contribution in [2.24, 2.45) is 0 Å². The Kier molecular flexibility index (Phi) is 5.44. The number of carbonyl (C=O) groups excluding carboxylic acids is 1. The summed E-state index contributed by atoms with van der Waals surface area (Å²) in [6.07, 6.45) is 0. The molecule has 1 saturated heterocycles. The molecule has 3 rings (SSSR count). The maximum Gasteiger partial charge on any atom is 0.254 e. The highest BCUT2D eigenvalue weighted by molar-refractivity contribution is 5.94. The van der Waals surface area contributed by atoms with Crippen molar-refractivity contribution < 1.29 is 4.79 Å². The van der Waals surface area contributed by atoms with Crippen molar-refractivity contribution in [2.45, 2.75) is 26.8 Å². The van der Waals surface area contributed by atoms with Gasteiger partial charge in [-0.15, -0.1) is 12.4 Å². The predicted octanol–water partition coefficient (Wildman–Crippen LogP) is 2.34. The van der Waals surface area contributed by atoms with E-state index in [1.807, 2.05) is 53.8 Å². The van der Waals surface area contributed by atoms with Crippen LogP contribution in [0.4, 0.5) is 0 Å². The SMILES string of the molecule is Cc1cc(C)n(-c2ccc(C(=O)N3CCNC[C@@H]3C)cc2)n1.Cl. The summed E-state index contributed by atoms with van der Waals surface area (Å²) in [4.78, 5) is 14.5. The van der Waals surface area contributed by atoms with Crippen molar-refractivity contribution in [3.05, 3.63) is 47.3 Å². The Balaban J connectivity index is 0.00000192. The van der Waals surface area contributed by atoms with Crippen molar-refractivity contribution in [3.8, 4) is 5.69 Å². The molecule has 2 heterocycles. The van der Waals surface area contributed by atoms with E-state index < -0.39 is 0 Å². The van der Waals surface area contributed by atoms with Gasteiger partial charge < -0.3 is 10.2 Å². The first-order valence-electron chi connectivity index (χ1n) is 7.71. The number of benzene rings is 1. The Hall–Kier alpha value is -1.85. The number of halogens is 1. The molecule has 1 amide bonds. The Bertz CT molecular complexity index is 680. The Labute approximate surface area is 143 Å². The third kappa shape index (κ3) is 3.57. The lowest BCUT2D eigenvalue weighted by Crippen LogP contribution is -2.52. The van der Waals surface area contributed by atoms with Gasteiger partial charge in [-0.05, 0) is 51.1 Å². The minimum Gasteiger partial charge on any atom is -0.333 e. The molecule has 6 heteroatoms. The largest absolute Gasteiger partial charge is 0.333 e. The Morgan fingerprint density at radius 1 is 1.26 bits per heavy atom. The first kappa shape index (κ1) is 17.5. The minimum absolute atomic E-state index is 0. The molecule has 0 bridgehead atoms. The number of nitrogens with one attached hydrogen (secondary N) is 1. The van der Waals surface area contributed by atoms with Crippen molar-refractivity contribution >= 4 is 18.3 Å². The summed E-state index contributed by atoms with van der Waals surface area (Å²) in [5, 5.41) is 7.77. The molecule has 2 aromatic rings. The van der Waals surface area contributed by atoms with Crippen LogP contribution in [0.25, 0.3) is 5.69 Å². The molecule has 124 valence electrons. The van der Waals surface area contributed by atoms with Crippen molar-refractivity contribution in [3.63, 3.8) is 0 Å². The van der Waals surface area contributed by atoms with Crippen LogP contribution >= 0.6 is 12.4 Å². The Morgan fingerprint density at radius 3 is 2.52 bits per heavy atom. The lowest BCUT2D eigenvalue weighted by molar-refractivity contribution is 0.0656. The Morgan fingerprint density at radius 2 is 1.96 bits per heavy atom.